The van der Waals surface area contributed by atoms with Crippen LogP contribution in [0.4, 0.5) is 8.78 Å². The number of rotatable bonds is 5. The van der Waals surface area contributed by atoms with Crippen LogP contribution >= 0.6 is 0 Å². The van der Waals surface area contributed by atoms with Crippen molar-refractivity contribution < 1.29 is 13.6 Å². The van der Waals surface area contributed by atoms with E-state index < -0.39 is 0 Å². The summed E-state index contributed by atoms with van der Waals surface area (Å²) in [6.07, 6.45) is 0.576. The van der Waals surface area contributed by atoms with Gasteiger partial charge in [0.2, 0.25) is 5.91 Å². The van der Waals surface area contributed by atoms with E-state index >= 15 is 0 Å². The molecule has 0 saturated carbocycles. The number of amides is 1. The van der Waals surface area contributed by atoms with E-state index in [1.54, 1.807) is 12.1 Å². The smallest absolute Gasteiger partial charge is 0.216 e. The molecule has 0 aliphatic heterocycles. The highest BCUT2D eigenvalue weighted by Gasteiger charge is 2.15. The Kier molecular flexibility index (Phi) is 5.04. The van der Waals surface area contributed by atoms with Gasteiger partial charge in [-0.1, -0.05) is 24.3 Å². The summed E-state index contributed by atoms with van der Waals surface area (Å²) in [5.41, 5.74) is 1.54. The van der Waals surface area contributed by atoms with Gasteiger partial charge in [0.25, 0.3) is 0 Å². The summed E-state index contributed by atoms with van der Waals surface area (Å²) in [7, 11) is 0. The molecule has 0 fully saturated rings. The molecule has 2 aromatic carbocycles. The van der Waals surface area contributed by atoms with Crippen molar-refractivity contribution in [1.82, 2.24) is 5.32 Å². The largest absolute Gasteiger partial charge is 0.356 e. The number of hydrogen-bond donors (Lipinski definition) is 1. The minimum atomic E-state index is -0.326. The summed E-state index contributed by atoms with van der Waals surface area (Å²) < 4.78 is 26.9. The molecule has 0 aliphatic carbocycles. The molecule has 2 nitrogen and oxygen atoms in total. The molecule has 21 heavy (non-hydrogen) atoms. The van der Waals surface area contributed by atoms with Crippen molar-refractivity contribution in [3.8, 4) is 0 Å². The lowest BCUT2D eigenvalue weighted by atomic mass is 9.88. The van der Waals surface area contributed by atoms with Crippen LogP contribution in [0.3, 0.4) is 0 Å². The highest BCUT2D eigenvalue weighted by Crippen LogP contribution is 2.28. The van der Waals surface area contributed by atoms with Gasteiger partial charge in [-0.2, -0.15) is 0 Å². The third-order valence-corrected chi connectivity index (χ3v) is 3.31. The van der Waals surface area contributed by atoms with Crippen LogP contribution in [0, 0.1) is 11.6 Å². The molecule has 0 atom stereocenters. The molecule has 4 heteroatoms. The van der Waals surface area contributed by atoms with Gasteiger partial charge < -0.3 is 5.32 Å². The van der Waals surface area contributed by atoms with E-state index in [-0.39, 0.29) is 23.5 Å². The molecular formula is C17H17F2NO. The number of carbonyl (C=O) groups is 1. The van der Waals surface area contributed by atoms with Crippen LogP contribution in [0.15, 0.2) is 48.5 Å². The summed E-state index contributed by atoms with van der Waals surface area (Å²) in [4.78, 5) is 11.0. The lowest BCUT2D eigenvalue weighted by Crippen LogP contribution is -2.22. The van der Waals surface area contributed by atoms with Crippen molar-refractivity contribution in [2.45, 2.75) is 19.3 Å². The average molecular weight is 289 g/mol. The van der Waals surface area contributed by atoms with Crippen LogP contribution in [-0.4, -0.2) is 12.5 Å². The Morgan fingerprint density at radius 1 is 1.05 bits per heavy atom. The Morgan fingerprint density at radius 2 is 1.57 bits per heavy atom. The maximum absolute atomic E-state index is 13.4. The lowest BCUT2D eigenvalue weighted by molar-refractivity contribution is -0.118. The van der Waals surface area contributed by atoms with Gasteiger partial charge in [-0.25, -0.2) is 8.78 Å². The maximum atomic E-state index is 13.4. The minimum absolute atomic E-state index is 0.118. The fourth-order valence-corrected chi connectivity index (χ4v) is 2.36. The lowest BCUT2D eigenvalue weighted by Gasteiger charge is -2.18. The normalized spacial score (nSPS) is 10.7. The predicted molar refractivity (Wildman–Crippen MR) is 77.9 cm³/mol. The van der Waals surface area contributed by atoms with Crippen molar-refractivity contribution >= 4 is 5.91 Å². The summed E-state index contributed by atoms with van der Waals surface area (Å²) in [5, 5.41) is 2.72. The monoisotopic (exact) mass is 289 g/mol. The minimum Gasteiger partial charge on any atom is -0.356 e. The van der Waals surface area contributed by atoms with Gasteiger partial charge in [-0.05, 0) is 41.8 Å². The number of nitrogens with one attached hydrogen (secondary N) is 1. The fraction of sp³-hybridized carbons (Fsp3) is 0.235. The molecule has 0 saturated heterocycles. The molecule has 0 unspecified atom stereocenters. The average Bonchev–Trinajstić information content (AvgIpc) is 2.43. The first-order chi connectivity index (χ1) is 10.1. The molecule has 0 aromatic heterocycles. The van der Waals surface area contributed by atoms with Crippen molar-refractivity contribution in [2.24, 2.45) is 0 Å². The first kappa shape index (κ1) is 15.2. The van der Waals surface area contributed by atoms with Gasteiger partial charge in [0, 0.05) is 19.4 Å². The molecule has 0 radical (unpaired) electrons. The highest BCUT2D eigenvalue weighted by atomic mass is 19.1. The zero-order valence-corrected chi connectivity index (χ0v) is 11.8. The second kappa shape index (κ2) is 6.97. The van der Waals surface area contributed by atoms with Crippen LogP contribution in [0.1, 0.15) is 30.4 Å². The van der Waals surface area contributed by atoms with Crippen LogP contribution in [0.5, 0.6) is 0 Å². The Hall–Kier alpha value is -2.23. The van der Waals surface area contributed by atoms with Gasteiger partial charge in [0.1, 0.15) is 11.6 Å². The van der Waals surface area contributed by atoms with Crippen molar-refractivity contribution in [3.05, 3.63) is 71.3 Å². The maximum Gasteiger partial charge on any atom is 0.216 e. The van der Waals surface area contributed by atoms with Crippen molar-refractivity contribution in [1.29, 1.82) is 0 Å². The highest BCUT2D eigenvalue weighted by molar-refractivity contribution is 5.72. The SMILES string of the molecule is CC(=O)NCCC(c1cccc(F)c1)c1cccc(F)c1. The molecule has 2 aromatic rings. The standard InChI is InChI=1S/C17H17F2NO/c1-12(21)20-9-8-17(13-4-2-6-15(18)10-13)14-5-3-7-16(19)11-14/h2-7,10-11,17H,8-9H2,1H3,(H,20,21). The first-order valence-electron chi connectivity index (χ1n) is 6.81. The fourth-order valence-electron chi connectivity index (χ4n) is 2.36. The summed E-state index contributed by atoms with van der Waals surface area (Å²) in [6.45, 7) is 1.90. The van der Waals surface area contributed by atoms with E-state index in [0.29, 0.717) is 13.0 Å². The second-order valence-electron chi connectivity index (χ2n) is 4.93. The topological polar surface area (TPSA) is 29.1 Å². The van der Waals surface area contributed by atoms with Gasteiger partial charge in [0.15, 0.2) is 0 Å². The predicted octanol–water partition coefficient (Wildman–Crippen LogP) is 3.62. The zero-order chi connectivity index (χ0) is 15.2. The van der Waals surface area contributed by atoms with Crippen molar-refractivity contribution in [3.63, 3.8) is 0 Å². The summed E-state index contributed by atoms with van der Waals surface area (Å²) >= 11 is 0. The second-order valence-corrected chi connectivity index (χ2v) is 4.93. The first-order valence-corrected chi connectivity index (χ1v) is 6.81. The third-order valence-electron chi connectivity index (χ3n) is 3.31. The van der Waals surface area contributed by atoms with Crippen LogP contribution in [0.25, 0.3) is 0 Å². The molecule has 0 bridgehead atoms. The molecule has 0 heterocycles. The Labute approximate surface area is 122 Å². The van der Waals surface area contributed by atoms with Crippen LogP contribution < -0.4 is 5.32 Å². The molecule has 1 N–H and O–H groups in total. The van der Waals surface area contributed by atoms with E-state index in [9.17, 15) is 13.6 Å². The molecule has 0 spiro atoms. The molecule has 1 amide bonds. The van der Waals surface area contributed by atoms with Crippen LogP contribution in [0.2, 0.25) is 0 Å². The van der Waals surface area contributed by atoms with E-state index in [0.717, 1.165) is 11.1 Å². The number of carbonyl (C=O) groups excluding carboxylic acids is 1. The Bertz CT molecular complexity index is 582. The Balaban J connectivity index is 2.27. The summed E-state index contributed by atoms with van der Waals surface area (Å²) in [6, 6.07) is 12.5. The van der Waals surface area contributed by atoms with E-state index in [1.807, 2.05) is 12.1 Å². The van der Waals surface area contributed by atoms with Gasteiger partial charge in [-0.15, -0.1) is 0 Å². The number of hydrogen-bond acceptors (Lipinski definition) is 1. The number of benzene rings is 2. The molecular weight excluding hydrogens is 272 g/mol. The summed E-state index contributed by atoms with van der Waals surface area (Å²) in [5.74, 6) is -0.933. The molecule has 0 aliphatic rings. The van der Waals surface area contributed by atoms with E-state index in [4.69, 9.17) is 0 Å². The quantitative estimate of drug-likeness (QED) is 0.895. The van der Waals surface area contributed by atoms with Crippen LogP contribution in [-0.2, 0) is 4.79 Å². The zero-order valence-electron chi connectivity index (χ0n) is 11.8. The Morgan fingerprint density at radius 3 is 2.00 bits per heavy atom. The van der Waals surface area contributed by atoms with Gasteiger partial charge in [0.05, 0.1) is 0 Å². The van der Waals surface area contributed by atoms with Crippen molar-refractivity contribution in [2.75, 3.05) is 6.54 Å². The third kappa shape index (κ3) is 4.38. The van der Waals surface area contributed by atoms with Gasteiger partial charge in [-0.3, -0.25) is 4.79 Å². The van der Waals surface area contributed by atoms with Gasteiger partial charge >= 0.3 is 0 Å². The van der Waals surface area contributed by atoms with E-state index in [1.165, 1.54) is 31.2 Å². The molecule has 110 valence electrons. The molecule has 2 rings (SSSR count). The van der Waals surface area contributed by atoms with E-state index in [2.05, 4.69) is 5.32 Å². The number of halogens is 2.